The molecule has 0 spiro atoms. The van der Waals surface area contributed by atoms with Gasteiger partial charge in [-0.15, -0.1) is 0 Å². The van der Waals surface area contributed by atoms with Crippen molar-refractivity contribution in [2.45, 2.75) is 32.0 Å². The van der Waals surface area contributed by atoms with Gasteiger partial charge in [0.05, 0.1) is 6.10 Å². The number of aliphatic hydroxyl groups excluding tert-OH is 1. The molecular weight excluding hydrogens is 142 g/mol. The van der Waals surface area contributed by atoms with Gasteiger partial charge in [0.15, 0.2) is 0 Å². The smallest absolute Gasteiger partial charge is 0.100 e. The van der Waals surface area contributed by atoms with Crippen LogP contribution < -0.4 is 0 Å². The summed E-state index contributed by atoms with van der Waals surface area (Å²) >= 11 is 0. The first-order chi connectivity index (χ1) is 5.06. The van der Waals surface area contributed by atoms with Crippen LogP contribution >= 0.6 is 0 Å². The van der Waals surface area contributed by atoms with Crippen LogP contribution in [0.3, 0.4) is 0 Å². The Bertz CT molecular complexity index is 136. The van der Waals surface area contributed by atoms with E-state index in [1.54, 1.807) is 6.92 Å². The summed E-state index contributed by atoms with van der Waals surface area (Å²) in [6.45, 7) is 6.19. The number of nitrogens with zero attached hydrogens (tertiary/aromatic N) is 1. The van der Waals surface area contributed by atoms with Gasteiger partial charge >= 0.3 is 0 Å². The Balaban J connectivity index is 2.52. The fraction of sp³-hybridized carbons (Fsp3) is 1.00. The largest absolute Gasteiger partial charge is 0.390 e. The summed E-state index contributed by atoms with van der Waals surface area (Å²) in [5.74, 6) is 0. The quantitative estimate of drug-likeness (QED) is 0.558. The Kier molecular flexibility index (Phi) is 2.52. The number of hydrogen-bond acceptors (Lipinski definition) is 3. The van der Waals surface area contributed by atoms with Crippen LogP contribution in [0.2, 0.25) is 0 Å². The maximum absolute atomic E-state index is 9.65. The number of rotatable bonds is 1. The molecule has 1 fully saturated rings. The van der Waals surface area contributed by atoms with Crippen molar-refractivity contribution in [3.8, 4) is 0 Å². The number of β-amino-alcohol motifs (C(OH)–C–C–N with tert-alkyl or cyclic N) is 1. The molecule has 0 saturated carbocycles. The summed E-state index contributed by atoms with van der Waals surface area (Å²) in [5.41, 5.74) is -0.908. The standard InChI is InChI=1S/C8H17NO2/c1-3-9-5-4-7(10)8(2,11)6-9/h7,10-11H,3-6H2,1-2H3. The molecule has 1 saturated heterocycles. The van der Waals surface area contributed by atoms with E-state index >= 15 is 0 Å². The Labute approximate surface area is 67.6 Å². The molecule has 3 heteroatoms. The van der Waals surface area contributed by atoms with E-state index in [0.717, 1.165) is 13.1 Å². The van der Waals surface area contributed by atoms with Crippen LogP contribution in [-0.2, 0) is 0 Å². The van der Waals surface area contributed by atoms with E-state index in [4.69, 9.17) is 0 Å². The van der Waals surface area contributed by atoms with Gasteiger partial charge in [0.2, 0.25) is 0 Å². The molecule has 0 radical (unpaired) electrons. The number of piperidine rings is 1. The minimum Gasteiger partial charge on any atom is -0.390 e. The predicted octanol–water partition coefficient (Wildman–Crippen LogP) is -0.176. The first kappa shape index (κ1) is 8.97. The van der Waals surface area contributed by atoms with Crippen molar-refractivity contribution in [3.05, 3.63) is 0 Å². The fourth-order valence-corrected chi connectivity index (χ4v) is 1.52. The molecule has 0 aromatic rings. The second-order valence-corrected chi connectivity index (χ2v) is 3.53. The molecule has 3 nitrogen and oxygen atoms in total. The number of hydrogen-bond donors (Lipinski definition) is 2. The summed E-state index contributed by atoms with van der Waals surface area (Å²) in [6.07, 6.45) is 0.131. The van der Waals surface area contributed by atoms with Gasteiger partial charge < -0.3 is 15.1 Å². The fourth-order valence-electron chi connectivity index (χ4n) is 1.52. The minimum absolute atomic E-state index is 0.551. The van der Waals surface area contributed by atoms with E-state index in [9.17, 15) is 10.2 Å². The van der Waals surface area contributed by atoms with Crippen molar-refractivity contribution in [1.29, 1.82) is 0 Å². The average molecular weight is 159 g/mol. The van der Waals surface area contributed by atoms with Crippen LogP contribution in [0.4, 0.5) is 0 Å². The van der Waals surface area contributed by atoms with Crippen LogP contribution in [0.15, 0.2) is 0 Å². The summed E-state index contributed by atoms with van der Waals surface area (Å²) in [5, 5.41) is 19.0. The molecule has 0 aliphatic carbocycles. The summed E-state index contributed by atoms with van der Waals surface area (Å²) in [4.78, 5) is 2.15. The SMILES string of the molecule is CCN1CCC(O)C(C)(O)C1. The lowest BCUT2D eigenvalue weighted by Gasteiger charge is -2.39. The molecule has 1 aliphatic rings. The highest BCUT2D eigenvalue weighted by Crippen LogP contribution is 2.20. The van der Waals surface area contributed by atoms with Gasteiger partial charge in [-0.05, 0) is 19.9 Å². The molecule has 0 amide bonds. The third-order valence-corrected chi connectivity index (χ3v) is 2.43. The van der Waals surface area contributed by atoms with Gasteiger partial charge in [-0.3, -0.25) is 0 Å². The van der Waals surface area contributed by atoms with Crippen molar-refractivity contribution >= 4 is 0 Å². The number of aliphatic hydroxyl groups is 2. The van der Waals surface area contributed by atoms with E-state index in [-0.39, 0.29) is 0 Å². The number of likely N-dealkylation sites (N-methyl/N-ethyl adjacent to an activating group) is 1. The zero-order valence-corrected chi connectivity index (χ0v) is 7.25. The summed E-state index contributed by atoms with van der Waals surface area (Å²) in [7, 11) is 0. The van der Waals surface area contributed by atoms with Gasteiger partial charge in [0, 0.05) is 13.1 Å². The van der Waals surface area contributed by atoms with Crippen molar-refractivity contribution in [1.82, 2.24) is 4.90 Å². The molecule has 0 aromatic heterocycles. The highest BCUT2D eigenvalue weighted by molar-refractivity contribution is 4.89. The van der Waals surface area contributed by atoms with E-state index in [2.05, 4.69) is 11.8 Å². The lowest BCUT2D eigenvalue weighted by atomic mass is 9.92. The monoisotopic (exact) mass is 159 g/mol. The zero-order valence-electron chi connectivity index (χ0n) is 7.25. The molecule has 0 aromatic carbocycles. The topological polar surface area (TPSA) is 43.7 Å². The Morgan fingerprint density at radius 2 is 2.27 bits per heavy atom. The van der Waals surface area contributed by atoms with Crippen molar-refractivity contribution in [2.24, 2.45) is 0 Å². The van der Waals surface area contributed by atoms with Gasteiger partial charge in [-0.25, -0.2) is 0 Å². The lowest BCUT2D eigenvalue weighted by Crippen LogP contribution is -2.54. The molecule has 11 heavy (non-hydrogen) atoms. The van der Waals surface area contributed by atoms with Gasteiger partial charge in [0.25, 0.3) is 0 Å². The molecule has 1 aliphatic heterocycles. The first-order valence-electron chi connectivity index (χ1n) is 4.19. The maximum atomic E-state index is 9.65. The van der Waals surface area contributed by atoms with E-state index in [1.807, 2.05) is 0 Å². The molecular formula is C8H17NO2. The van der Waals surface area contributed by atoms with Crippen molar-refractivity contribution < 1.29 is 10.2 Å². The molecule has 2 atom stereocenters. The molecule has 66 valence electrons. The van der Waals surface area contributed by atoms with E-state index in [0.29, 0.717) is 13.0 Å². The second kappa shape index (κ2) is 3.09. The Hall–Kier alpha value is -0.120. The first-order valence-corrected chi connectivity index (χ1v) is 4.19. The third-order valence-electron chi connectivity index (χ3n) is 2.43. The molecule has 2 N–H and O–H groups in total. The van der Waals surface area contributed by atoms with Crippen molar-refractivity contribution in [3.63, 3.8) is 0 Å². The van der Waals surface area contributed by atoms with E-state index < -0.39 is 11.7 Å². The molecule has 1 rings (SSSR count). The Morgan fingerprint density at radius 3 is 2.73 bits per heavy atom. The minimum atomic E-state index is -0.908. The van der Waals surface area contributed by atoms with Gasteiger partial charge in [-0.1, -0.05) is 6.92 Å². The van der Waals surface area contributed by atoms with Crippen LogP contribution in [0, 0.1) is 0 Å². The zero-order chi connectivity index (χ0) is 8.48. The summed E-state index contributed by atoms with van der Waals surface area (Å²) < 4.78 is 0. The Morgan fingerprint density at radius 1 is 1.64 bits per heavy atom. The van der Waals surface area contributed by atoms with Crippen LogP contribution in [0.1, 0.15) is 20.3 Å². The average Bonchev–Trinajstić information content (AvgIpc) is 1.95. The normalized spacial score (nSPS) is 40.9. The van der Waals surface area contributed by atoms with Crippen LogP contribution in [0.5, 0.6) is 0 Å². The highest BCUT2D eigenvalue weighted by Gasteiger charge is 2.35. The highest BCUT2D eigenvalue weighted by atomic mass is 16.3. The predicted molar refractivity (Wildman–Crippen MR) is 43.4 cm³/mol. The van der Waals surface area contributed by atoms with Gasteiger partial charge in [0.1, 0.15) is 5.60 Å². The maximum Gasteiger partial charge on any atom is 0.100 e. The van der Waals surface area contributed by atoms with Crippen LogP contribution in [0.25, 0.3) is 0 Å². The summed E-state index contributed by atoms with van der Waals surface area (Å²) in [6, 6.07) is 0. The lowest BCUT2D eigenvalue weighted by molar-refractivity contribution is -0.108. The third kappa shape index (κ3) is 1.92. The molecule has 2 unspecified atom stereocenters. The number of likely N-dealkylation sites (tertiary alicyclic amines) is 1. The van der Waals surface area contributed by atoms with E-state index in [1.165, 1.54) is 0 Å². The van der Waals surface area contributed by atoms with Crippen LogP contribution in [-0.4, -0.2) is 46.5 Å². The molecule has 1 heterocycles. The van der Waals surface area contributed by atoms with Gasteiger partial charge in [-0.2, -0.15) is 0 Å². The van der Waals surface area contributed by atoms with Crippen molar-refractivity contribution in [2.75, 3.05) is 19.6 Å². The second-order valence-electron chi connectivity index (χ2n) is 3.53. The molecule has 0 bridgehead atoms.